The summed E-state index contributed by atoms with van der Waals surface area (Å²) in [5.74, 6) is -0.114. The summed E-state index contributed by atoms with van der Waals surface area (Å²) in [6.45, 7) is 2.90. The van der Waals surface area contributed by atoms with E-state index in [-0.39, 0.29) is 5.91 Å². The number of hydrogen-bond acceptors (Lipinski definition) is 3. The fraction of sp³-hybridized carbons (Fsp3) is 0.235. The summed E-state index contributed by atoms with van der Waals surface area (Å²) in [7, 11) is 0. The quantitative estimate of drug-likeness (QED) is 0.539. The maximum absolute atomic E-state index is 11.9. The Bertz CT molecular complexity index is 552. The number of hydrazine groups is 1. The lowest BCUT2D eigenvalue weighted by Gasteiger charge is -2.09. The second-order valence-electron chi connectivity index (χ2n) is 4.80. The summed E-state index contributed by atoms with van der Waals surface area (Å²) >= 11 is 0. The van der Waals surface area contributed by atoms with Crippen LogP contribution in [0, 0.1) is 0 Å². The van der Waals surface area contributed by atoms with Gasteiger partial charge in [-0.15, -0.1) is 0 Å². The molecule has 0 aliphatic rings. The smallest absolute Gasteiger partial charge is 0.265 e. The normalized spacial score (nSPS) is 10.1. The number of rotatable bonds is 7. The Kier molecular flexibility index (Phi) is 5.79. The Hall–Kier alpha value is -2.33. The maximum atomic E-state index is 11.9. The third kappa shape index (κ3) is 4.93. The monoisotopic (exact) mass is 283 g/mol. The van der Waals surface area contributed by atoms with Crippen molar-refractivity contribution in [2.24, 2.45) is 0 Å². The zero-order valence-electron chi connectivity index (χ0n) is 12.2. The third-order valence-corrected chi connectivity index (χ3v) is 3.07. The molecule has 0 spiro atoms. The van der Waals surface area contributed by atoms with Gasteiger partial charge in [-0.25, -0.2) is 5.43 Å². The molecule has 2 aromatic rings. The van der Waals surface area contributed by atoms with E-state index in [2.05, 4.69) is 23.1 Å². The Balaban J connectivity index is 1.88. The van der Waals surface area contributed by atoms with E-state index in [1.165, 1.54) is 0 Å². The van der Waals surface area contributed by atoms with Gasteiger partial charge in [-0.1, -0.05) is 31.5 Å². The molecule has 2 rings (SSSR count). The Labute approximate surface area is 125 Å². The highest BCUT2D eigenvalue weighted by molar-refractivity contribution is 5.94. The predicted octanol–water partition coefficient (Wildman–Crippen LogP) is 3.46. The lowest BCUT2D eigenvalue weighted by atomic mass is 10.2. The van der Waals surface area contributed by atoms with Gasteiger partial charge in [0.05, 0.1) is 0 Å². The Morgan fingerprint density at radius 1 is 0.952 bits per heavy atom. The van der Waals surface area contributed by atoms with Crippen LogP contribution in [0.5, 0.6) is 0 Å². The fourth-order valence-corrected chi connectivity index (χ4v) is 1.87. The van der Waals surface area contributed by atoms with Crippen LogP contribution in [0.15, 0.2) is 54.6 Å². The van der Waals surface area contributed by atoms with Gasteiger partial charge in [0.25, 0.3) is 5.91 Å². The van der Waals surface area contributed by atoms with Crippen LogP contribution in [0.2, 0.25) is 0 Å². The van der Waals surface area contributed by atoms with E-state index in [1.807, 2.05) is 54.6 Å². The van der Waals surface area contributed by atoms with Gasteiger partial charge in [0, 0.05) is 23.5 Å². The second-order valence-corrected chi connectivity index (χ2v) is 4.80. The molecule has 0 unspecified atom stereocenters. The summed E-state index contributed by atoms with van der Waals surface area (Å²) in [5, 5.41) is 3.28. The molecule has 110 valence electrons. The molecule has 0 saturated carbocycles. The summed E-state index contributed by atoms with van der Waals surface area (Å²) in [4.78, 5) is 11.9. The number of carbonyl (C=O) groups excluding carboxylic acids is 1. The van der Waals surface area contributed by atoms with Crippen LogP contribution in [0.25, 0.3) is 0 Å². The number of nitrogens with one attached hydrogen (secondary N) is 3. The van der Waals surface area contributed by atoms with Gasteiger partial charge in [0.1, 0.15) is 0 Å². The first kappa shape index (κ1) is 15.1. The van der Waals surface area contributed by atoms with Gasteiger partial charge in [0.2, 0.25) is 0 Å². The summed E-state index contributed by atoms with van der Waals surface area (Å²) in [6, 6.07) is 17.3. The van der Waals surface area contributed by atoms with E-state index in [1.54, 1.807) is 0 Å². The molecule has 0 saturated heterocycles. The number of para-hydroxylation sites is 1. The van der Waals surface area contributed by atoms with Crippen molar-refractivity contribution in [1.29, 1.82) is 0 Å². The van der Waals surface area contributed by atoms with Crippen molar-refractivity contribution >= 4 is 17.3 Å². The van der Waals surface area contributed by atoms with Gasteiger partial charge in [-0.2, -0.15) is 0 Å². The highest BCUT2D eigenvalue weighted by Crippen LogP contribution is 2.16. The maximum Gasteiger partial charge on any atom is 0.265 e. The largest absolute Gasteiger partial charge is 0.356 e. The minimum atomic E-state index is -0.114. The van der Waals surface area contributed by atoms with Crippen LogP contribution in [0.1, 0.15) is 30.1 Å². The molecule has 0 aromatic heterocycles. The standard InChI is InChI=1S/C17H21N3O/c1-2-3-13-18-20-17(21)14-9-11-16(12-10-14)19-15-7-5-4-6-8-15/h4-12,18-19H,2-3,13H2,1H3,(H,20,21). The van der Waals surface area contributed by atoms with Crippen LogP contribution in [-0.4, -0.2) is 12.5 Å². The van der Waals surface area contributed by atoms with E-state index < -0.39 is 0 Å². The molecule has 3 N–H and O–H groups in total. The van der Waals surface area contributed by atoms with Crippen molar-refractivity contribution in [2.45, 2.75) is 19.8 Å². The molecular formula is C17H21N3O. The summed E-state index contributed by atoms with van der Waals surface area (Å²) in [5.41, 5.74) is 8.23. The van der Waals surface area contributed by atoms with Crippen LogP contribution in [0.4, 0.5) is 11.4 Å². The van der Waals surface area contributed by atoms with Crippen LogP contribution < -0.4 is 16.2 Å². The van der Waals surface area contributed by atoms with E-state index in [4.69, 9.17) is 0 Å². The van der Waals surface area contributed by atoms with Gasteiger partial charge in [-0.05, 0) is 42.8 Å². The van der Waals surface area contributed by atoms with Crippen LogP contribution >= 0.6 is 0 Å². The number of hydrogen-bond donors (Lipinski definition) is 3. The molecule has 0 radical (unpaired) electrons. The number of benzene rings is 2. The lowest BCUT2D eigenvalue weighted by Crippen LogP contribution is -2.37. The summed E-state index contributed by atoms with van der Waals surface area (Å²) < 4.78 is 0. The highest BCUT2D eigenvalue weighted by atomic mass is 16.2. The molecule has 1 amide bonds. The van der Waals surface area contributed by atoms with Gasteiger partial charge >= 0.3 is 0 Å². The van der Waals surface area contributed by atoms with Gasteiger partial charge < -0.3 is 5.32 Å². The highest BCUT2D eigenvalue weighted by Gasteiger charge is 2.04. The first-order chi connectivity index (χ1) is 10.3. The molecule has 0 aliphatic carbocycles. The topological polar surface area (TPSA) is 53.2 Å². The molecule has 2 aromatic carbocycles. The van der Waals surface area contributed by atoms with E-state index in [0.717, 1.165) is 30.8 Å². The lowest BCUT2D eigenvalue weighted by molar-refractivity contribution is 0.0933. The third-order valence-electron chi connectivity index (χ3n) is 3.07. The second kappa shape index (κ2) is 8.07. The number of amides is 1. The van der Waals surface area contributed by atoms with E-state index in [9.17, 15) is 4.79 Å². The molecule has 0 heterocycles. The fourth-order valence-electron chi connectivity index (χ4n) is 1.87. The number of carbonyl (C=O) groups is 1. The number of unbranched alkanes of at least 4 members (excludes halogenated alkanes) is 1. The molecule has 0 aliphatic heterocycles. The molecular weight excluding hydrogens is 262 g/mol. The molecule has 21 heavy (non-hydrogen) atoms. The van der Waals surface area contributed by atoms with Crippen LogP contribution in [-0.2, 0) is 0 Å². The summed E-state index contributed by atoms with van der Waals surface area (Å²) in [6.07, 6.45) is 2.14. The first-order valence-corrected chi connectivity index (χ1v) is 7.25. The molecule has 4 heteroatoms. The molecule has 0 fully saturated rings. The predicted molar refractivity (Wildman–Crippen MR) is 86.5 cm³/mol. The van der Waals surface area contributed by atoms with Crippen molar-refractivity contribution in [3.05, 3.63) is 60.2 Å². The van der Waals surface area contributed by atoms with Gasteiger partial charge in [0.15, 0.2) is 0 Å². The Morgan fingerprint density at radius 3 is 2.29 bits per heavy atom. The van der Waals surface area contributed by atoms with Crippen molar-refractivity contribution in [3.8, 4) is 0 Å². The zero-order chi connectivity index (χ0) is 14.9. The van der Waals surface area contributed by atoms with E-state index >= 15 is 0 Å². The van der Waals surface area contributed by atoms with Crippen molar-refractivity contribution < 1.29 is 4.79 Å². The van der Waals surface area contributed by atoms with E-state index in [0.29, 0.717) is 5.56 Å². The molecule has 4 nitrogen and oxygen atoms in total. The number of anilines is 2. The van der Waals surface area contributed by atoms with Crippen molar-refractivity contribution in [1.82, 2.24) is 10.9 Å². The van der Waals surface area contributed by atoms with Crippen molar-refractivity contribution in [3.63, 3.8) is 0 Å². The SMILES string of the molecule is CCCCNNC(=O)c1ccc(Nc2ccccc2)cc1. The average molecular weight is 283 g/mol. The Morgan fingerprint density at radius 2 is 1.62 bits per heavy atom. The molecule has 0 atom stereocenters. The average Bonchev–Trinajstić information content (AvgIpc) is 2.53. The molecule has 0 bridgehead atoms. The zero-order valence-corrected chi connectivity index (χ0v) is 12.2. The minimum absolute atomic E-state index is 0.114. The van der Waals surface area contributed by atoms with Crippen LogP contribution in [0.3, 0.4) is 0 Å². The first-order valence-electron chi connectivity index (χ1n) is 7.25. The minimum Gasteiger partial charge on any atom is -0.356 e. The van der Waals surface area contributed by atoms with Gasteiger partial charge in [-0.3, -0.25) is 10.2 Å². The van der Waals surface area contributed by atoms with Crippen molar-refractivity contribution in [2.75, 3.05) is 11.9 Å².